The summed E-state index contributed by atoms with van der Waals surface area (Å²) < 4.78 is 13.3. The first kappa shape index (κ1) is 23.5. The van der Waals surface area contributed by atoms with Crippen LogP contribution in [0.25, 0.3) is 11.4 Å². The van der Waals surface area contributed by atoms with Crippen molar-refractivity contribution in [3.63, 3.8) is 0 Å². The first-order valence-electron chi connectivity index (χ1n) is 11.3. The van der Waals surface area contributed by atoms with E-state index in [-0.39, 0.29) is 17.1 Å². The minimum Gasteiger partial charge on any atom is -0.497 e. The minimum absolute atomic E-state index is 0.110. The molecule has 0 saturated carbocycles. The zero-order valence-electron chi connectivity index (χ0n) is 19.9. The fraction of sp³-hybridized carbons (Fsp3) is 0.423. The van der Waals surface area contributed by atoms with Crippen molar-refractivity contribution in [1.29, 1.82) is 0 Å². The number of methoxy groups -OCH3 is 1. The largest absolute Gasteiger partial charge is 0.497 e. The van der Waals surface area contributed by atoms with Gasteiger partial charge in [-0.2, -0.15) is 0 Å². The van der Waals surface area contributed by atoms with E-state index >= 15 is 0 Å². The Morgan fingerprint density at radius 3 is 2.55 bits per heavy atom. The molecule has 2 unspecified atom stereocenters. The van der Waals surface area contributed by atoms with Gasteiger partial charge in [-0.25, -0.2) is 0 Å². The third-order valence-corrected chi connectivity index (χ3v) is 7.31. The van der Waals surface area contributed by atoms with Crippen molar-refractivity contribution in [3.05, 3.63) is 58.7 Å². The number of hydrogen-bond donors (Lipinski definition) is 0. The number of carbonyl (C=O) groups excluding carboxylic acids is 1. The lowest BCUT2D eigenvalue weighted by Gasteiger charge is -2.17. The number of nitrogens with zero attached hydrogens (tertiary/aromatic N) is 3. The highest BCUT2D eigenvalue weighted by Gasteiger charge is 2.26. The van der Waals surface area contributed by atoms with Crippen molar-refractivity contribution in [2.24, 2.45) is 0 Å². The SMILES string of the molecule is COc1ccc(-c2nnc(SC(C)C(=O)c3cc(C)c(C)cc3C)n2CC2CCCO2)cc1. The zero-order chi connectivity index (χ0) is 23.5. The second-order valence-electron chi connectivity index (χ2n) is 8.66. The fourth-order valence-electron chi connectivity index (χ4n) is 4.14. The lowest BCUT2D eigenvalue weighted by Crippen LogP contribution is -2.19. The van der Waals surface area contributed by atoms with Crippen LogP contribution in [0.3, 0.4) is 0 Å². The number of benzene rings is 2. The monoisotopic (exact) mass is 465 g/mol. The highest BCUT2D eigenvalue weighted by Crippen LogP contribution is 2.31. The Balaban J connectivity index is 1.62. The Bertz CT molecular complexity index is 1130. The molecule has 2 aromatic carbocycles. The van der Waals surface area contributed by atoms with Crippen molar-refractivity contribution >= 4 is 17.5 Å². The van der Waals surface area contributed by atoms with Gasteiger partial charge < -0.3 is 9.47 Å². The van der Waals surface area contributed by atoms with Crippen LogP contribution in [0.15, 0.2) is 41.6 Å². The summed E-state index contributed by atoms with van der Waals surface area (Å²) in [5, 5.41) is 9.43. The van der Waals surface area contributed by atoms with E-state index in [0.717, 1.165) is 58.4 Å². The van der Waals surface area contributed by atoms with Gasteiger partial charge in [-0.3, -0.25) is 9.36 Å². The lowest BCUT2D eigenvalue weighted by molar-refractivity contribution is 0.0953. The molecule has 0 radical (unpaired) electrons. The van der Waals surface area contributed by atoms with Gasteiger partial charge in [-0.05, 0) is 87.6 Å². The summed E-state index contributed by atoms with van der Waals surface area (Å²) in [6.45, 7) is 9.51. The molecule has 174 valence electrons. The molecule has 2 heterocycles. The first-order chi connectivity index (χ1) is 15.9. The molecule has 1 aliphatic rings. The Kier molecular flexibility index (Phi) is 7.20. The summed E-state index contributed by atoms with van der Waals surface area (Å²) in [6, 6.07) is 11.9. The predicted octanol–water partition coefficient (Wildman–Crippen LogP) is 5.42. The van der Waals surface area contributed by atoms with Crippen molar-refractivity contribution in [2.75, 3.05) is 13.7 Å². The summed E-state index contributed by atoms with van der Waals surface area (Å²) in [7, 11) is 1.65. The maximum Gasteiger partial charge on any atom is 0.192 e. The van der Waals surface area contributed by atoms with Gasteiger partial charge in [-0.1, -0.05) is 17.8 Å². The van der Waals surface area contributed by atoms with Crippen molar-refractivity contribution in [1.82, 2.24) is 14.8 Å². The van der Waals surface area contributed by atoms with Crippen LogP contribution in [0.2, 0.25) is 0 Å². The smallest absolute Gasteiger partial charge is 0.192 e. The summed E-state index contributed by atoms with van der Waals surface area (Å²) in [5.74, 6) is 1.68. The first-order valence-corrected chi connectivity index (χ1v) is 12.2. The minimum atomic E-state index is -0.290. The fourth-order valence-corrected chi connectivity index (χ4v) is 5.07. The van der Waals surface area contributed by atoms with Gasteiger partial charge in [0.25, 0.3) is 0 Å². The molecular weight excluding hydrogens is 434 g/mol. The van der Waals surface area contributed by atoms with E-state index in [9.17, 15) is 4.79 Å². The molecule has 0 bridgehead atoms. The molecule has 0 spiro atoms. The van der Waals surface area contributed by atoms with E-state index in [0.29, 0.717) is 6.54 Å². The lowest BCUT2D eigenvalue weighted by atomic mass is 9.97. The molecule has 4 rings (SSSR count). The Hall–Kier alpha value is -2.64. The van der Waals surface area contributed by atoms with E-state index < -0.39 is 0 Å². The molecule has 0 N–H and O–H groups in total. The number of Topliss-reactive ketones (excluding diaryl/α,β-unsaturated/α-hetero) is 1. The molecule has 1 saturated heterocycles. The van der Waals surface area contributed by atoms with Gasteiger partial charge in [0, 0.05) is 17.7 Å². The molecule has 2 atom stereocenters. The topological polar surface area (TPSA) is 66.2 Å². The second kappa shape index (κ2) is 10.1. The zero-order valence-corrected chi connectivity index (χ0v) is 20.7. The standard InChI is InChI=1S/C26H31N3O3S/c1-16-13-18(3)23(14-17(16)2)24(30)19(4)33-26-28-27-25(20-8-10-21(31-5)11-9-20)29(26)15-22-7-6-12-32-22/h8-11,13-14,19,22H,6-7,12,15H2,1-5H3. The average Bonchev–Trinajstić information content (AvgIpc) is 3.46. The van der Waals surface area contributed by atoms with E-state index in [4.69, 9.17) is 9.47 Å². The second-order valence-corrected chi connectivity index (χ2v) is 9.96. The van der Waals surface area contributed by atoms with Crippen LogP contribution in [0.4, 0.5) is 0 Å². The highest BCUT2D eigenvalue weighted by molar-refractivity contribution is 8.00. The summed E-state index contributed by atoms with van der Waals surface area (Å²) in [4.78, 5) is 13.3. The van der Waals surface area contributed by atoms with Crippen molar-refractivity contribution in [2.45, 2.75) is 63.6 Å². The third-order valence-electron chi connectivity index (χ3n) is 6.23. The average molecular weight is 466 g/mol. The van der Waals surface area contributed by atoms with Gasteiger partial charge in [0.2, 0.25) is 0 Å². The van der Waals surface area contributed by atoms with Crippen LogP contribution >= 0.6 is 11.8 Å². The van der Waals surface area contributed by atoms with Crippen LogP contribution in [-0.2, 0) is 11.3 Å². The highest BCUT2D eigenvalue weighted by atomic mass is 32.2. The molecule has 7 heteroatoms. The Morgan fingerprint density at radius 2 is 1.88 bits per heavy atom. The molecule has 0 amide bonds. The van der Waals surface area contributed by atoms with Crippen molar-refractivity contribution in [3.8, 4) is 17.1 Å². The molecule has 1 fully saturated rings. The maximum absolute atomic E-state index is 13.3. The van der Waals surface area contributed by atoms with Crippen molar-refractivity contribution < 1.29 is 14.3 Å². The maximum atomic E-state index is 13.3. The molecule has 1 aliphatic heterocycles. The number of aromatic nitrogens is 3. The summed E-state index contributed by atoms with van der Waals surface area (Å²) in [6.07, 6.45) is 2.21. The van der Waals surface area contributed by atoms with Gasteiger partial charge in [-0.15, -0.1) is 10.2 Å². The van der Waals surface area contributed by atoms with Gasteiger partial charge >= 0.3 is 0 Å². The predicted molar refractivity (Wildman–Crippen MR) is 131 cm³/mol. The number of thioether (sulfide) groups is 1. The Morgan fingerprint density at radius 1 is 1.15 bits per heavy atom. The molecule has 6 nitrogen and oxygen atoms in total. The molecular formula is C26H31N3O3S. The van der Waals surface area contributed by atoms with Gasteiger partial charge in [0.15, 0.2) is 16.8 Å². The molecule has 0 aliphatic carbocycles. The van der Waals surface area contributed by atoms with E-state index in [1.54, 1.807) is 7.11 Å². The van der Waals surface area contributed by atoms with E-state index in [2.05, 4.69) is 27.8 Å². The van der Waals surface area contributed by atoms with Crippen LogP contribution in [0.1, 0.15) is 46.8 Å². The molecule has 3 aromatic rings. The van der Waals surface area contributed by atoms with Gasteiger partial charge in [0.05, 0.1) is 25.0 Å². The van der Waals surface area contributed by atoms with E-state index in [1.165, 1.54) is 17.3 Å². The summed E-state index contributed by atoms with van der Waals surface area (Å²) >= 11 is 1.46. The molecule has 1 aromatic heterocycles. The number of aryl methyl sites for hydroxylation is 3. The molecule has 33 heavy (non-hydrogen) atoms. The normalized spacial score (nSPS) is 16.7. The third kappa shape index (κ3) is 5.14. The number of carbonyl (C=O) groups is 1. The Labute approximate surface area is 199 Å². The van der Waals surface area contributed by atoms with E-state index in [1.807, 2.05) is 51.1 Å². The van der Waals surface area contributed by atoms with Gasteiger partial charge in [0.1, 0.15) is 5.75 Å². The number of hydrogen-bond acceptors (Lipinski definition) is 6. The number of rotatable bonds is 8. The quantitative estimate of drug-likeness (QED) is 0.327. The van der Waals surface area contributed by atoms with Crippen LogP contribution in [-0.4, -0.2) is 45.6 Å². The number of ether oxygens (including phenoxy) is 2. The van der Waals surface area contributed by atoms with Crippen LogP contribution in [0.5, 0.6) is 5.75 Å². The van der Waals surface area contributed by atoms with Crippen LogP contribution in [0, 0.1) is 20.8 Å². The number of ketones is 1. The summed E-state index contributed by atoms with van der Waals surface area (Å²) in [5.41, 5.74) is 5.07. The van der Waals surface area contributed by atoms with Crippen LogP contribution < -0.4 is 4.74 Å².